The third-order valence-electron chi connectivity index (χ3n) is 2.00. The van der Waals surface area contributed by atoms with E-state index in [1.165, 1.54) is 6.92 Å². The first kappa shape index (κ1) is 11.3. The summed E-state index contributed by atoms with van der Waals surface area (Å²) >= 11 is 3.99. The molecule has 0 fully saturated rings. The topological polar surface area (TPSA) is 111 Å². The summed E-state index contributed by atoms with van der Waals surface area (Å²) < 4.78 is 4.48. The van der Waals surface area contributed by atoms with Crippen LogP contribution in [0.2, 0.25) is 0 Å². The molecule has 2 aromatic rings. The van der Waals surface area contributed by atoms with Crippen molar-refractivity contribution in [1.82, 2.24) is 10.3 Å². The molecule has 0 saturated heterocycles. The minimum absolute atomic E-state index is 0.0420. The van der Waals surface area contributed by atoms with Crippen molar-refractivity contribution < 1.29 is 14.3 Å². The normalized spacial score (nSPS) is 10.5. The number of benzene rings is 1. The van der Waals surface area contributed by atoms with Crippen molar-refractivity contribution in [1.29, 1.82) is 0 Å². The Kier molecular flexibility index (Phi) is 2.68. The number of nitrogens with one attached hydrogen (secondary N) is 1. The number of nitro groups is 1. The number of nitrogens with zero attached hydrogens (tertiary/aromatic N) is 3. The smallest absolute Gasteiger partial charge is 0.287 e. The van der Waals surface area contributed by atoms with E-state index in [0.717, 1.165) is 6.07 Å². The second-order valence-electron chi connectivity index (χ2n) is 3.19. The Balaban J connectivity index is 2.73. The van der Waals surface area contributed by atoms with Crippen molar-refractivity contribution in [2.45, 2.75) is 11.8 Å². The molecule has 1 heterocycles. The molecule has 2 rings (SSSR count). The molecular formula is C8H6N4O4S. The summed E-state index contributed by atoms with van der Waals surface area (Å²) in [6.45, 7) is 1.28. The third kappa shape index (κ3) is 1.91. The zero-order chi connectivity index (χ0) is 12.6. The van der Waals surface area contributed by atoms with E-state index < -0.39 is 4.92 Å². The summed E-state index contributed by atoms with van der Waals surface area (Å²) in [7, 11) is 0. The number of carbonyl (C=O) groups is 1. The lowest BCUT2D eigenvalue weighted by Crippen LogP contribution is -2.07. The summed E-state index contributed by atoms with van der Waals surface area (Å²) in [6.07, 6.45) is 0. The molecular weight excluding hydrogens is 248 g/mol. The van der Waals surface area contributed by atoms with Crippen LogP contribution in [0.5, 0.6) is 0 Å². The zero-order valence-electron chi connectivity index (χ0n) is 8.50. The van der Waals surface area contributed by atoms with E-state index >= 15 is 0 Å². The quantitative estimate of drug-likeness (QED) is 0.475. The fourth-order valence-corrected chi connectivity index (χ4v) is 1.63. The van der Waals surface area contributed by atoms with Crippen molar-refractivity contribution in [3.05, 3.63) is 16.2 Å². The number of hydrogen-bond donors (Lipinski definition) is 2. The van der Waals surface area contributed by atoms with Gasteiger partial charge in [-0.2, -0.15) is 0 Å². The maximum Gasteiger partial charge on any atom is 0.287 e. The molecule has 0 spiro atoms. The first-order valence-corrected chi connectivity index (χ1v) is 4.85. The number of thiol groups is 1. The fraction of sp³-hybridized carbons (Fsp3) is 0.125. The van der Waals surface area contributed by atoms with Crippen LogP contribution in [0.3, 0.4) is 0 Å². The lowest BCUT2D eigenvalue weighted by atomic mass is 10.2. The molecule has 0 atom stereocenters. The first-order chi connectivity index (χ1) is 8.00. The van der Waals surface area contributed by atoms with Crippen LogP contribution in [0.1, 0.15) is 6.92 Å². The van der Waals surface area contributed by atoms with Crippen LogP contribution in [0.4, 0.5) is 11.4 Å². The summed E-state index contributed by atoms with van der Waals surface area (Å²) in [5.74, 6) is -0.379. The highest BCUT2D eigenvalue weighted by Crippen LogP contribution is 2.34. The molecule has 0 aliphatic carbocycles. The second kappa shape index (κ2) is 4.01. The maximum absolute atomic E-state index is 11.0. The third-order valence-corrected chi connectivity index (χ3v) is 2.44. The molecule has 88 valence electrons. The summed E-state index contributed by atoms with van der Waals surface area (Å²) in [4.78, 5) is 21.2. The van der Waals surface area contributed by atoms with Gasteiger partial charge < -0.3 is 5.32 Å². The molecule has 0 unspecified atom stereocenters. The monoisotopic (exact) mass is 254 g/mol. The number of anilines is 1. The van der Waals surface area contributed by atoms with Gasteiger partial charge in [-0.1, -0.05) is 0 Å². The van der Waals surface area contributed by atoms with Gasteiger partial charge in [-0.25, -0.2) is 4.63 Å². The lowest BCUT2D eigenvalue weighted by Gasteiger charge is -2.03. The Morgan fingerprint density at radius 3 is 2.76 bits per heavy atom. The Morgan fingerprint density at radius 1 is 1.53 bits per heavy atom. The minimum atomic E-state index is -0.623. The van der Waals surface area contributed by atoms with Crippen molar-refractivity contribution in [3.63, 3.8) is 0 Å². The van der Waals surface area contributed by atoms with Crippen molar-refractivity contribution >= 4 is 40.9 Å². The molecule has 1 amide bonds. The Bertz CT molecular complexity index is 623. The van der Waals surface area contributed by atoms with Crippen LogP contribution in [0, 0.1) is 10.1 Å². The largest absolute Gasteiger partial charge is 0.324 e. The number of aromatic nitrogens is 2. The van der Waals surface area contributed by atoms with Gasteiger partial charge >= 0.3 is 0 Å². The summed E-state index contributed by atoms with van der Waals surface area (Å²) in [5, 5.41) is 20.3. The molecule has 0 radical (unpaired) electrons. The molecule has 8 nitrogen and oxygen atoms in total. The van der Waals surface area contributed by atoms with Crippen molar-refractivity contribution in [2.75, 3.05) is 5.32 Å². The lowest BCUT2D eigenvalue weighted by molar-refractivity contribution is -0.387. The summed E-state index contributed by atoms with van der Waals surface area (Å²) in [5.41, 5.74) is 0.237. The number of fused-ring (bicyclic) bond motifs is 1. The average molecular weight is 254 g/mol. The van der Waals surface area contributed by atoms with Gasteiger partial charge in [0, 0.05) is 13.0 Å². The van der Waals surface area contributed by atoms with E-state index in [1.54, 1.807) is 0 Å². The first-order valence-electron chi connectivity index (χ1n) is 4.41. The van der Waals surface area contributed by atoms with E-state index in [9.17, 15) is 14.9 Å². The van der Waals surface area contributed by atoms with Crippen LogP contribution in [-0.2, 0) is 4.79 Å². The van der Waals surface area contributed by atoms with Crippen molar-refractivity contribution in [3.8, 4) is 0 Å². The fourth-order valence-electron chi connectivity index (χ4n) is 1.34. The van der Waals surface area contributed by atoms with Crippen LogP contribution in [-0.4, -0.2) is 21.1 Å². The second-order valence-corrected chi connectivity index (χ2v) is 3.64. The zero-order valence-corrected chi connectivity index (χ0v) is 9.39. The molecule has 9 heteroatoms. The van der Waals surface area contributed by atoms with E-state index in [1.807, 2.05) is 0 Å². The molecule has 1 N–H and O–H groups in total. The highest BCUT2D eigenvalue weighted by atomic mass is 32.1. The Hall–Kier alpha value is -2.16. The summed E-state index contributed by atoms with van der Waals surface area (Å²) in [6, 6.07) is 1.16. The average Bonchev–Trinajstić information content (AvgIpc) is 2.70. The number of rotatable bonds is 2. The van der Waals surface area contributed by atoms with Gasteiger partial charge in [0.25, 0.3) is 5.69 Å². The van der Waals surface area contributed by atoms with Crippen molar-refractivity contribution in [2.24, 2.45) is 0 Å². The molecule has 0 aliphatic rings. The SMILES string of the molecule is CC(=O)Nc1cc([N+](=O)[O-])c(S)c2nonc12. The van der Waals surface area contributed by atoms with E-state index in [4.69, 9.17) is 0 Å². The van der Waals surface area contributed by atoms with Gasteiger partial charge in [-0.05, 0) is 10.3 Å². The molecule has 1 aromatic heterocycles. The maximum atomic E-state index is 11.0. The molecule has 17 heavy (non-hydrogen) atoms. The Morgan fingerprint density at radius 2 is 2.18 bits per heavy atom. The van der Waals surface area contributed by atoms with Crippen LogP contribution < -0.4 is 5.32 Å². The standard InChI is InChI=1S/C8H6N4O4S/c1-3(13)9-4-2-5(12(14)15)8(17)7-6(4)10-16-11-7/h2,17H,1H3,(H,9,13). The van der Waals surface area contributed by atoms with Gasteiger partial charge in [-0.3, -0.25) is 14.9 Å². The van der Waals surface area contributed by atoms with E-state index in [2.05, 4.69) is 32.9 Å². The predicted molar refractivity (Wildman–Crippen MR) is 60.0 cm³/mol. The molecule has 0 saturated carbocycles. The van der Waals surface area contributed by atoms with Crippen LogP contribution in [0.15, 0.2) is 15.6 Å². The number of amides is 1. The van der Waals surface area contributed by atoms with Gasteiger partial charge in [0.2, 0.25) is 5.91 Å². The number of carbonyl (C=O) groups excluding carboxylic acids is 1. The molecule has 1 aromatic carbocycles. The van der Waals surface area contributed by atoms with Gasteiger partial charge in [0.15, 0.2) is 11.0 Å². The predicted octanol–water partition coefficient (Wildman–Crippen LogP) is 1.38. The Labute approximate surface area is 99.5 Å². The van der Waals surface area contributed by atoms with E-state index in [-0.39, 0.29) is 33.2 Å². The minimum Gasteiger partial charge on any atom is -0.324 e. The number of nitro benzene ring substituents is 1. The van der Waals surface area contributed by atoms with E-state index in [0.29, 0.717) is 0 Å². The number of hydrogen-bond acceptors (Lipinski definition) is 7. The van der Waals surface area contributed by atoms with Gasteiger partial charge in [0.1, 0.15) is 4.90 Å². The molecule has 0 bridgehead atoms. The molecule has 0 aliphatic heterocycles. The highest BCUT2D eigenvalue weighted by molar-refractivity contribution is 7.80. The highest BCUT2D eigenvalue weighted by Gasteiger charge is 2.22. The van der Waals surface area contributed by atoms with Gasteiger partial charge in [0.05, 0.1) is 10.6 Å². The van der Waals surface area contributed by atoms with Crippen LogP contribution in [0.25, 0.3) is 11.0 Å². The van der Waals surface area contributed by atoms with Gasteiger partial charge in [-0.15, -0.1) is 12.6 Å². The van der Waals surface area contributed by atoms with Crippen LogP contribution >= 0.6 is 12.6 Å².